The van der Waals surface area contributed by atoms with Crippen LogP contribution < -0.4 is 4.87 Å². The number of fused-ring (bicyclic) bond motifs is 1. The Hall–Kier alpha value is -0.660. The van der Waals surface area contributed by atoms with Gasteiger partial charge in [-0.2, -0.15) is 0 Å². The first kappa shape index (κ1) is 16.2. The van der Waals surface area contributed by atoms with Gasteiger partial charge in [0.25, 0.3) is 0 Å². The summed E-state index contributed by atoms with van der Waals surface area (Å²) >= 11 is 1.37. The molecule has 0 bridgehead atoms. The number of nitrogens with zero attached hydrogens (tertiary/aromatic N) is 2. The molecule has 0 saturated carbocycles. The van der Waals surface area contributed by atoms with Crippen LogP contribution >= 0.6 is 11.3 Å². The highest BCUT2D eigenvalue weighted by atomic mass is 32.2. The van der Waals surface area contributed by atoms with Crippen LogP contribution in [0.1, 0.15) is 43.2 Å². The molecule has 1 aliphatic carbocycles. The third kappa shape index (κ3) is 3.16. The van der Waals surface area contributed by atoms with Gasteiger partial charge < -0.3 is 4.57 Å². The molecule has 1 aromatic heterocycles. The first-order chi connectivity index (χ1) is 10.5. The van der Waals surface area contributed by atoms with Crippen molar-refractivity contribution >= 4 is 21.4 Å². The van der Waals surface area contributed by atoms with Crippen LogP contribution in [0.25, 0.3) is 0 Å². The molecule has 3 rings (SSSR count). The molecule has 22 heavy (non-hydrogen) atoms. The Morgan fingerprint density at radius 2 is 2.14 bits per heavy atom. The third-order valence-corrected chi connectivity index (χ3v) is 7.82. The maximum atomic E-state index is 12.3. The Kier molecular flexibility index (Phi) is 4.75. The molecule has 2 heterocycles. The molecule has 1 atom stereocenters. The van der Waals surface area contributed by atoms with E-state index in [-0.39, 0.29) is 10.6 Å². The lowest BCUT2D eigenvalue weighted by molar-refractivity contribution is 0.395. The smallest absolute Gasteiger partial charge is 0.301 e. The summed E-state index contributed by atoms with van der Waals surface area (Å²) in [5, 5.41) is 0. The first-order valence-electron chi connectivity index (χ1n) is 8.20. The van der Waals surface area contributed by atoms with Gasteiger partial charge in [-0.15, -0.1) is 0 Å². The van der Waals surface area contributed by atoms with Crippen molar-refractivity contribution in [3.8, 4) is 0 Å². The number of thiazole rings is 1. The monoisotopic (exact) mass is 344 g/mol. The zero-order chi connectivity index (χ0) is 15.7. The Morgan fingerprint density at radius 3 is 2.82 bits per heavy atom. The predicted molar refractivity (Wildman–Crippen MR) is 89.0 cm³/mol. The highest BCUT2D eigenvalue weighted by molar-refractivity contribution is 7.89. The SMILES string of the molecule is CCCC1CCc2c(sc(=O)n2CCN2CCCS2(=O)=O)C1. The van der Waals surface area contributed by atoms with Crippen LogP contribution in [0, 0.1) is 5.92 Å². The maximum absolute atomic E-state index is 12.3. The number of rotatable bonds is 5. The van der Waals surface area contributed by atoms with E-state index in [1.807, 2.05) is 4.57 Å². The standard InChI is InChI=1S/C15H24N2O3S2/c1-2-4-12-5-6-13-14(11-12)21-15(18)17(13)9-8-16-7-3-10-22(16,19)20/h12H,2-11H2,1H3. The van der Waals surface area contributed by atoms with E-state index in [1.54, 1.807) is 0 Å². The van der Waals surface area contributed by atoms with Gasteiger partial charge in [0, 0.05) is 30.2 Å². The van der Waals surface area contributed by atoms with E-state index in [0.717, 1.165) is 19.3 Å². The second-order valence-electron chi connectivity index (χ2n) is 6.36. The number of hydrogen-bond acceptors (Lipinski definition) is 4. The molecule has 1 aromatic rings. The molecule has 1 saturated heterocycles. The van der Waals surface area contributed by atoms with E-state index >= 15 is 0 Å². The largest absolute Gasteiger partial charge is 0.307 e. The van der Waals surface area contributed by atoms with Crippen LogP contribution in [-0.2, 0) is 29.4 Å². The minimum absolute atomic E-state index is 0.0822. The number of aromatic nitrogens is 1. The zero-order valence-electron chi connectivity index (χ0n) is 13.1. The molecule has 0 spiro atoms. The fourth-order valence-corrected chi connectivity index (χ4v) is 6.34. The maximum Gasteiger partial charge on any atom is 0.307 e. The quantitative estimate of drug-likeness (QED) is 0.819. The van der Waals surface area contributed by atoms with Crippen LogP contribution in [-0.4, -0.2) is 36.1 Å². The van der Waals surface area contributed by atoms with Crippen LogP contribution in [0.4, 0.5) is 0 Å². The molecule has 0 radical (unpaired) electrons. The van der Waals surface area contributed by atoms with Crippen LogP contribution in [0.15, 0.2) is 4.79 Å². The average Bonchev–Trinajstić information content (AvgIpc) is 2.95. The first-order valence-corrected chi connectivity index (χ1v) is 10.6. The summed E-state index contributed by atoms with van der Waals surface area (Å²) in [5.41, 5.74) is 1.17. The van der Waals surface area contributed by atoms with Crippen molar-refractivity contribution in [2.45, 2.75) is 52.0 Å². The average molecular weight is 345 g/mol. The van der Waals surface area contributed by atoms with Gasteiger partial charge in [0.05, 0.1) is 5.75 Å². The van der Waals surface area contributed by atoms with Gasteiger partial charge in [-0.1, -0.05) is 31.1 Å². The molecule has 5 nitrogen and oxygen atoms in total. The van der Waals surface area contributed by atoms with Crippen molar-refractivity contribution in [1.82, 2.24) is 8.87 Å². The van der Waals surface area contributed by atoms with Gasteiger partial charge in [-0.05, 0) is 31.6 Å². The Labute approximate surface area is 136 Å². The molecule has 2 aliphatic rings. The summed E-state index contributed by atoms with van der Waals surface area (Å²) in [6.45, 7) is 3.74. The van der Waals surface area contributed by atoms with Crippen molar-refractivity contribution in [3.05, 3.63) is 20.2 Å². The zero-order valence-corrected chi connectivity index (χ0v) is 14.7. The highest BCUT2D eigenvalue weighted by Gasteiger charge is 2.29. The molecule has 124 valence electrons. The summed E-state index contributed by atoms with van der Waals surface area (Å²) in [7, 11) is -3.07. The molecule has 7 heteroatoms. The van der Waals surface area contributed by atoms with Crippen LogP contribution in [0.2, 0.25) is 0 Å². The molecular formula is C15H24N2O3S2. The molecule has 0 N–H and O–H groups in total. The van der Waals surface area contributed by atoms with Gasteiger partial charge in [-0.25, -0.2) is 12.7 Å². The third-order valence-electron chi connectivity index (χ3n) is 4.82. The molecule has 1 unspecified atom stereocenters. The van der Waals surface area contributed by atoms with Crippen LogP contribution in [0.5, 0.6) is 0 Å². The Balaban J connectivity index is 1.72. The Bertz CT molecular complexity index is 690. The topological polar surface area (TPSA) is 59.4 Å². The second kappa shape index (κ2) is 6.45. The summed E-state index contributed by atoms with van der Waals surface area (Å²) in [5.74, 6) is 0.963. The van der Waals surface area contributed by atoms with Gasteiger partial charge in [0.1, 0.15) is 0 Å². The van der Waals surface area contributed by atoms with Gasteiger partial charge in [0.15, 0.2) is 0 Å². The van der Waals surface area contributed by atoms with Crippen molar-refractivity contribution in [1.29, 1.82) is 0 Å². The van der Waals surface area contributed by atoms with Crippen LogP contribution in [0.3, 0.4) is 0 Å². The van der Waals surface area contributed by atoms with Crippen molar-refractivity contribution in [2.24, 2.45) is 5.92 Å². The van der Waals surface area contributed by atoms with Gasteiger partial charge >= 0.3 is 4.87 Å². The van der Waals surface area contributed by atoms with Crippen molar-refractivity contribution in [3.63, 3.8) is 0 Å². The van der Waals surface area contributed by atoms with Gasteiger partial charge in [-0.3, -0.25) is 4.79 Å². The molecule has 1 fully saturated rings. The normalized spacial score (nSPS) is 24.5. The highest BCUT2D eigenvalue weighted by Crippen LogP contribution is 2.30. The minimum Gasteiger partial charge on any atom is -0.301 e. The summed E-state index contributed by atoms with van der Waals surface area (Å²) < 4.78 is 27.1. The van der Waals surface area contributed by atoms with E-state index in [0.29, 0.717) is 32.0 Å². The molecule has 1 aliphatic heterocycles. The summed E-state index contributed by atoms with van der Waals surface area (Å²) in [4.78, 5) is 13.6. The lowest BCUT2D eigenvalue weighted by Crippen LogP contribution is -2.32. The van der Waals surface area contributed by atoms with Crippen molar-refractivity contribution in [2.75, 3.05) is 18.8 Å². The second-order valence-corrected chi connectivity index (χ2v) is 9.49. The minimum atomic E-state index is -3.07. The van der Waals surface area contributed by atoms with E-state index in [1.165, 1.54) is 39.1 Å². The summed E-state index contributed by atoms with van der Waals surface area (Å²) in [6, 6.07) is 0. The number of sulfonamides is 1. The molecule has 0 aromatic carbocycles. The Morgan fingerprint density at radius 1 is 1.32 bits per heavy atom. The van der Waals surface area contributed by atoms with Crippen molar-refractivity contribution < 1.29 is 8.42 Å². The predicted octanol–water partition coefficient (Wildman–Crippen LogP) is 1.85. The lowest BCUT2D eigenvalue weighted by atomic mass is 9.88. The fourth-order valence-electron chi connectivity index (χ4n) is 3.65. The number of hydrogen-bond donors (Lipinski definition) is 0. The fraction of sp³-hybridized carbons (Fsp3) is 0.800. The van der Waals surface area contributed by atoms with E-state index in [4.69, 9.17) is 0 Å². The molecular weight excluding hydrogens is 320 g/mol. The van der Waals surface area contributed by atoms with E-state index < -0.39 is 10.0 Å². The van der Waals surface area contributed by atoms with E-state index in [2.05, 4.69) is 6.92 Å². The summed E-state index contributed by atoms with van der Waals surface area (Å²) in [6.07, 6.45) is 6.28. The van der Waals surface area contributed by atoms with Gasteiger partial charge in [0.2, 0.25) is 10.0 Å². The lowest BCUT2D eigenvalue weighted by Gasteiger charge is -2.23. The van der Waals surface area contributed by atoms with E-state index in [9.17, 15) is 13.2 Å². The molecule has 0 amide bonds.